The molecule has 0 saturated carbocycles. The first kappa shape index (κ1) is 14.1. The molecule has 1 amide bonds. The predicted molar refractivity (Wildman–Crippen MR) is 81.6 cm³/mol. The van der Waals surface area contributed by atoms with E-state index in [9.17, 15) is 9.59 Å². The molecule has 3 rings (SSSR count). The summed E-state index contributed by atoms with van der Waals surface area (Å²) < 4.78 is 6.80. The SMILES string of the molecule is CCn1nc(C(=O)NCc2ccco2)c(=O)c2ccccc21. The van der Waals surface area contributed by atoms with Gasteiger partial charge in [0.15, 0.2) is 5.69 Å². The number of nitrogens with zero attached hydrogens (tertiary/aromatic N) is 2. The van der Waals surface area contributed by atoms with Crippen molar-refractivity contribution in [3.05, 3.63) is 64.3 Å². The second-order valence-electron chi connectivity index (χ2n) is 4.77. The highest BCUT2D eigenvalue weighted by atomic mass is 16.3. The summed E-state index contributed by atoms with van der Waals surface area (Å²) in [6.45, 7) is 2.69. The van der Waals surface area contributed by atoms with Crippen LogP contribution in [-0.2, 0) is 13.1 Å². The molecular weight excluding hydrogens is 282 g/mol. The monoisotopic (exact) mass is 297 g/mol. The van der Waals surface area contributed by atoms with Crippen molar-refractivity contribution in [3.63, 3.8) is 0 Å². The predicted octanol–water partition coefficient (Wildman–Crippen LogP) is 1.94. The lowest BCUT2D eigenvalue weighted by molar-refractivity contribution is 0.0940. The molecule has 0 saturated heterocycles. The number of nitrogens with one attached hydrogen (secondary N) is 1. The molecule has 0 aliphatic rings. The van der Waals surface area contributed by atoms with Crippen molar-refractivity contribution >= 4 is 16.8 Å². The van der Waals surface area contributed by atoms with E-state index in [1.165, 1.54) is 6.26 Å². The molecule has 0 spiro atoms. The number of furan rings is 1. The van der Waals surface area contributed by atoms with Gasteiger partial charge >= 0.3 is 0 Å². The molecule has 1 aromatic carbocycles. The average molecular weight is 297 g/mol. The van der Waals surface area contributed by atoms with Gasteiger partial charge in [-0.15, -0.1) is 0 Å². The summed E-state index contributed by atoms with van der Waals surface area (Å²) in [7, 11) is 0. The van der Waals surface area contributed by atoms with E-state index in [-0.39, 0.29) is 17.7 Å². The lowest BCUT2D eigenvalue weighted by Gasteiger charge is -2.09. The van der Waals surface area contributed by atoms with Crippen molar-refractivity contribution in [1.82, 2.24) is 15.1 Å². The highest BCUT2D eigenvalue weighted by Crippen LogP contribution is 2.09. The Hall–Kier alpha value is -2.89. The van der Waals surface area contributed by atoms with E-state index in [1.54, 1.807) is 28.9 Å². The normalized spacial score (nSPS) is 10.8. The first-order chi connectivity index (χ1) is 10.7. The van der Waals surface area contributed by atoms with Gasteiger partial charge in [-0.05, 0) is 31.2 Å². The molecule has 0 bridgehead atoms. The second-order valence-corrected chi connectivity index (χ2v) is 4.77. The summed E-state index contributed by atoms with van der Waals surface area (Å²) in [5.41, 5.74) is 0.252. The number of hydrogen-bond donors (Lipinski definition) is 1. The van der Waals surface area contributed by atoms with Gasteiger partial charge in [-0.2, -0.15) is 5.10 Å². The first-order valence-electron chi connectivity index (χ1n) is 7.01. The number of benzene rings is 1. The van der Waals surface area contributed by atoms with E-state index in [1.807, 2.05) is 19.1 Å². The fourth-order valence-electron chi connectivity index (χ4n) is 2.29. The Balaban J connectivity index is 1.97. The van der Waals surface area contributed by atoms with Crippen LogP contribution in [0.15, 0.2) is 51.9 Å². The van der Waals surface area contributed by atoms with Gasteiger partial charge in [0.2, 0.25) is 5.43 Å². The Bertz CT molecular complexity index is 866. The molecule has 2 aromatic heterocycles. The third kappa shape index (κ3) is 2.50. The van der Waals surface area contributed by atoms with Crippen LogP contribution in [0.25, 0.3) is 10.9 Å². The molecule has 0 aliphatic carbocycles. The molecule has 112 valence electrons. The number of fused-ring (bicyclic) bond motifs is 1. The van der Waals surface area contributed by atoms with Gasteiger partial charge in [-0.3, -0.25) is 14.3 Å². The summed E-state index contributed by atoms with van der Waals surface area (Å²) in [5.74, 6) is 0.110. The minimum absolute atomic E-state index is 0.105. The number of aryl methyl sites for hydroxylation is 1. The van der Waals surface area contributed by atoms with Crippen LogP contribution in [0.4, 0.5) is 0 Å². The van der Waals surface area contributed by atoms with Crippen molar-refractivity contribution in [2.75, 3.05) is 0 Å². The quantitative estimate of drug-likeness (QED) is 0.798. The van der Waals surface area contributed by atoms with E-state index < -0.39 is 5.91 Å². The van der Waals surface area contributed by atoms with Gasteiger partial charge in [-0.25, -0.2) is 0 Å². The molecule has 0 fully saturated rings. The zero-order chi connectivity index (χ0) is 15.5. The van der Waals surface area contributed by atoms with Crippen LogP contribution in [0.3, 0.4) is 0 Å². The van der Waals surface area contributed by atoms with Gasteiger partial charge in [-0.1, -0.05) is 12.1 Å². The van der Waals surface area contributed by atoms with E-state index >= 15 is 0 Å². The van der Waals surface area contributed by atoms with Crippen molar-refractivity contribution in [1.29, 1.82) is 0 Å². The van der Waals surface area contributed by atoms with Crippen molar-refractivity contribution < 1.29 is 9.21 Å². The molecule has 6 heteroatoms. The smallest absolute Gasteiger partial charge is 0.276 e. The highest BCUT2D eigenvalue weighted by molar-refractivity contribution is 5.95. The van der Waals surface area contributed by atoms with E-state index in [0.29, 0.717) is 17.7 Å². The van der Waals surface area contributed by atoms with Crippen LogP contribution in [0.5, 0.6) is 0 Å². The third-order valence-electron chi connectivity index (χ3n) is 3.38. The first-order valence-corrected chi connectivity index (χ1v) is 7.01. The average Bonchev–Trinajstić information content (AvgIpc) is 3.07. The Morgan fingerprint density at radius 2 is 2.09 bits per heavy atom. The molecule has 0 atom stereocenters. The molecule has 22 heavy (non-hydrogen) atoms. The molecule has 2 heterocycles. The van der Waals surface area contributed by atoms with Crippen LogP contribution < -0.4 is 10.7 Å². The standard InChI is InChI=1S/C16H15N3O3/c1-2-19-13-8-4-3-7-12(13)15(20)14(18-19)16(21)17-10-11-6-5-9-22-11/h3-9H,2,10H2,1H3,(H,17,21). The Morgan fingerprint density at radius 1 is 1.27 bits per heavy atom. The summed E-state index contributed by atoms with van der Waals surface area (Å²) in [4.78, 5) is 24.7. The van der Waals surface area contributed by atoms with Crippen LogP contribution >= 0.6 is 0 Å². The van der Waals surface area contributed by atoms with Crippen LogP contribution in [-0.4, -0.2) is 15.7 Å². The summed E-state index contributed by atoms with van der Waals surface area (Å²) in [5, 5.41) is 7.32. The maximum Gasteiger partial charge on any atom is 0.276 e. The molecule has 0 aliphatic heterocycles. The maximum atomic E-state index is 12.4. The Labute approximate surface area is 126 Å². The lowest BCUT2D eigenvalue weighted by atomic mass is 10.2. The number of aromatic nitrogens is 2. The fraction of sp³-hybridized carbons (Fsp3) is 0.188. The van der Waals surface area contributed by atoms with Gasteiger partial charge in [0.1, 0.15) is 5.76 Å². The number of hydrogen-bond acceptors (Lipinski definition) is 4. The number of carbonyl (C=O) groups is 1. The number of carbonyl (C=O) groups excluding carboxylic acids is 1. The van der Waals surface area contributed by atoms with Gasteiger partial charge in [0.05, 0.1) is 18.3 Å². The summed E-state index contributed by atoms with van der Waals surface area (Å²) >= 11 is 0. The fourth-order valence-corrected chi connectivity index (χ4v) is 2.29. The summed E-state index contributed by atoms with van der Waals surface area (Å²) in [6, 6.07) is 10.6. The van der Waals surface area contributed by atoms with Crippen LogP contribution in [0.2, 0.25) is 0 Å². The zero-order valence-electron chi connectivity index (χ0n) is 12.1. The molecule has 3 aromatic rings. The van der Waals surface area contributed by atoms with Crippen molar-refractivity contribution in [3.8, 4) is 0 Å². The molecule has 1 N–H and O–H groups in total. The molecular formula is C16H15N3O3. The minimum atomic E-state index is -0.505. The van der Waals surface area contributed by atoms with Gasteiger partial charge in [0.25, 0.3) is 5.91 Å². The van der Waals surface area contributed by atoms with Crippen LogP contribution in [0, 0.1) is 0 Å². The van der Waals surface area contributed by atoms with Crippen molar-refractivity contribution in [2.45, 2.75) is 20.0 Å². The van der Waals surface area contributed by atoms with E-state index in [0.717, 1.165) is 5.52 Å². The largest absolute Gasteiger partial charge is 0.467 e. The van der Waals surface area contributed by atoms with Gasteiger partial charge in [0, 0.05) is 11.9 Å². The zero-order valence-corrected chi connectivity index (χ0v) is 12.1. The highest BCUT2D eigenvalue weighted by Gasteiger charge is 2.16. The second kappa shape index (κ2) is 5.85. The topological polar surface area (TPSA) is 77.1 Å². The van der Waals surface area contributed by atoms with Crippen molar-refractivity contribution in [2.24, 2.45) is 0 Å². The number of rotatable bonds is 4. The number of amides is 1. The van der Waals surface area contributed by atoms with Gasteiger partial charge < -0.3 is 9.73 Å². The summed E-state index contributed by atoms with van der Waals surface area (Å²) in [6.07, 6.45) is 1.53. The molecule has 0 unspecified atom stereocenters. The van der Waals surface area contributed by atoms with E-state index in [4.69, 9.17) is 4.42 Å². The van der Waals surface area contributed by atoms with E-state index in [2.05, 4.69) is 10.4 Å². The Morgan fingerprint density at radius 3 is 2.82 bits per heavy atom. The third-order valence-corrected chi connectivity index (χ3v) is 3.38. The number of para-hydroxylation sites is 1. The maximum absolute atomic E-state index is 12.4. The van der Waals surface area contributed by atoms with Crippen LogP contribution in [0.1, 0.15) is 23.2 Å². The molecule has 6 nitrogen and oxygen atoms in total. The molecule has 0 radical (unpaired) electrons. The lowest BCUT2D eigenvalue weighted by Crippen LogP contribution is -2.31. The Kier molecular flexibility index (Phi) is 3.74. The minimum Gasteiger partial charge on any atom is -0.467 e.